The van der Waals surface area contributed by atoms with Gasteiger partial charge in [-0.3, -0.25) is 9.59 Å². The van der Waals surface area contributed by atoms with E-state index in [1.165, 1.54) is 31.4 Å². The summed E-state index contributed by atoms with van der Waals surface area (Å²) in [7, 11) is 1.31. The van der Waals surface area contributed by atoms with Crippen molar-refractivity contribution in [2.75, 3.05) is 7.11 Å². The molecule has 2 aromatic rings. The van der Waals surface area contributed by atoms with Crippen molar-refractivity contribution < 1.29 is 18.7 Å². The Morgan fingerprint density at radius 1 is 1.12 bits per heavy atom. The maximum absolute atomic E-state index is 13.2. The van der Waals surface area contributed by atoms with Crippen LogP contribution in [-0.2, 0) is 14.3 Å². The molecular weight excluding hydrogens is 321 g/mol. The minimum Gasteiger partial charge on any atom is -0.469 e. The van der Waals surface area contributed by atoms with E-state index in [-0.39, 0.29) is 11.7 Å². The van der Waals surface area contributed by atoms with Crippen molar-refractivity contribution in [1.29, 1.82) is 0 Å². The lowest BCUT2D eigenvalue weighted by atomic mass is 9.94. The van der Waals surface area contributed by atoms with Crippen LogP contribution in [0.5, 0.6) is 0 Å². The Labute approximate surface area is 146 Å². The highest BCUT2D eigenvalue weighted by Crippen LogP contribution is 2.23. The zero-order valence-electron chi connectivity index (χ0n) is 14.1. The van der Waals surface area contributed by atoms with Crippen LogP contribution in [-0.4, -0.2) is 19.0 Å². The molecule has 25 heavy (non-hydrogen) atoms. The average Bonchev–Trinajstić information content (AvgIpc) is 2.64. The Morgan fingerprint density at radius 2 is 1.84 bits per heavy atom. The van der Waals surface area contributed by atoms with Gasteiger partial charge in [-0.05, 0) is 36.3 Å². The molecule has 0 bridgehead atoms. The number of nitrogens with one attached hydrogen (secondary N) is 1. The smallest absolute Gasteiger partial charge is 0.310 e. The first-order valence-corrected chi connectivity index (χ1v) is 7.88. The molecule has 130 valence electrons. The number of esters is 1. The number of methoxy groups -OCH3 is 1. The summed E-state index contributed by atoms with van der Waals surface area (Å²) in [6, 6.07) is 14.6. The van der Waals surface area contributed by atoms with Crippen molar-refractivity contribution in [2.24, 2.45) is 5.92 Å². The van der Waals surface area contributed by atoms with Gasteiger partial charge in [-0.1, -0.05) is 42.5 Å². The average molecular weight is 341 g/mol. The van der Waals surface area contributed by atoms with Gasteiger partial charge >= 0.3 is 5.97 Å². The van der Waals surface area contributed by atoms with Crippen molar-refractivity contribution in [2.45, 2.75) is 13.0 Å². The van der Waals surface area contributed by atoms with E-state index in [1.54, 1.807) is 19.1 Å². The fourth-order valence-corrected chi connectivity index (χ4v) is 2.46. The Hall–Kier alpha value is -2.95. The number of hydrogen-bond acceptors (Lipinski definition) is 3. The van der Waals surface area contributed by atoms with Crippen LogP contribution in [0, 0.1) is 11.7 Å². The van der Waals surface area contributed by atoms with Crippen molar-refractivity contribution in [3.63, 3.8) is 0 Å². The lowest BCUT2D eigenvalue weighted by Gasteiger charge is -2.23. The van der Waals surface area contributed by atoms with Crippen LogP contribution in [0.3, 0.4) is 0 Å². The van der Waals surface area contributed by atoms with Gasteiger partial charge in [0, 0.05) is 6.08 Å². The second-order valence-corrected chi connectivity index (χ2v) is 5.60. The molecule has 1 amide bonds. The fraction of sp³-hybridized carbons (Fsp3) is 0.200. The predicted molar refractivity (Wildman–Crippen MR) is 93.9 cm³/mol. The summed E-state index contributed by atoms with van der Waals surface area (Å²) in [5.74, 6) is -1.72. The number of carbonyl (C=O) groups is 2. The zero-order chi connectivity index (χ0) is 18.2. The van der Waals surface area contributed by atoms with E-state index in [9.17, 15) is 14.0 Å². The van der Waals surface area contributed by atoms with Gasteiger partial charge in [-0.25, -0.2) is 4.39 Å². The first-order chi connectivity index (χ1) is 12.0. The standard InChI is InChI=1S/C20H20FNO3/c1-14(20(24)25-2)19(16-8-4-3-5-9-16)22-18(23)12-11-15-7-6-10-17(21)13-15/h3-14,19H,1-2H3,(H,22,23)/b12-11+/t14-,19+/m1/s1. The van der Waals surface area contributed by atoms with E-state index < -0.39 is 17.9 Å². The van der Waals surface area contributed by atoms with Crippen LogP contribution in [0.25, 0.3) is 6.08 Å². The topological polar surface area (TPSA) is 55.4 Å². The number of carbonyl (C=O) groups excluding carboxylic acids is 2. The fourth-order valence-electron chi connectivity index (χ4n) is 2.46. The Bertz CT molecular complexity index is 759. The molecule has 0 aliphatic carbocycles. The number of rotatable bonds is 6. The maximum atomic E-state index is 13.2. The van der Waals surface area contributed by atoms with Gasteiger partial charge in [-0.15, -0.1) is 0 Å². The summed E-state index contributed by atoms with van der Waals surface area (Å²) < 4.78 is 18.0. The monoisotopic (exact) mass is 341 g/mol. The second-order valence-electron chi connectivity index (χ2n) is 5.60. The molecule has 0 fully saturated rings. The van der Waals surface area contributed by atoms with E-state index >= 15 is 0 Å². The number of halogens is 1. The zero-order valence-corrected chi connectivity index (χ0v) is 14.1. The molecule has 2 atom stereocenters. The highest BCUT2D eigenvalue weighted by atomic mass is 19.1. The lowest BCUT2D eigenvalue weighted by molar-refractivity contribution is -0.146. The Kier molecular flexibility index (Phi) is 6.46. The quantitative estimate of drug-likeness (QED) is 0.646. The minimum atomic E-state index is -0.557. The van der Waals surface area contributed by atoms with E-state index in [4.69, 9.17) is 4.74 Å². The third-order valence-electron chi connectivity index (χ3n) is 3.81. The van der Waals surface area contributed by atoms with Gasteiger partial charge in [0.25, 0.3) is 0 Å². The molecule has 0 saturated carbocycles. The third kappa shape index (κ3) is 5.28. The van der Waals surface area contributed by atoms with Gasteiger partial charge in [0.2, 0.25) is 5.91 Å². The number of hydrogen-bond donors (Lipinski definition) is 1. The first-order valence-electron chi connectivity index (χ1n) is 7.88. The summed E-state index contributed by atoms with van der Waals surface area (Å²) in [6.07, 6.45) is 2.83. The number of ether oxygens (including phenoxy) is 1. The molecule has 1 N–H and O–H groups in total. The van der Waals surface area contributed by atoms with Crippen LogP contribution in [0.4, 0.5) is 4.39 Å². The summed E-state index contributed by atoms with van der Waals surface area (Å²) in [5, 5.41) is 2.81. The molecule has 0 unspecified atom stereocenters. The minimum absolute atomic E-state index is 0.371. The van der Waals surface area contributed by atoms with Crippen LogP contribution in [0.2, 0.25) is 0 Å². The number of benzene rings is 2. The molecule has 0 heterocycles. The summed E-state index contributed by atoms with van der Waals surface area (Å²) >= 11 is 0. The van der Waals surface area contributed by atoms with Gasteiger partial charge < -0.3 is 10.1 Å². The SMILES string of the molecule is COC(=O)[C@H](C)[C@H](NC(=O)/C=C/c1cccc(F)c1)c1ccccc1. The normalized spacial score (nSPS) is 13.2. The molecule has 0 saturated heterocycles. The number of amides is 1. The third-order valence-corrected chi connectivity index (χ3v) is 3.81. The molecule has 2 aromatic carbocycles. The molecule has 5 heteroatoms. The molecule has 0 aromatic heterocycles. The molecule has 0 radical (unpaired) electrons. The van der Waals surface area contributed by atoms with Crippen molar-refractivity contribution in [1.82, 2.24) is 5.32 Å². The van der Waals surface area contributed by atoms with E-state index in [1.807, 2.05) is 30.3 Å². The first kappa shape index (κ1) is 18.4. The van der Waals surface area contributed by atoms with Crippen LogP contribution >= 0.6 is 0 Å². The molecular formula is C20H20FNO3. The Balaban J connectivity index is 2.15. The van der Waals surface area contributed by atoms with Gasteiger partial charge in [0.1, 0.15) is 5.82 Å². The van der Waals surface area contributed by atoms with Crippen molar-refractivity contribution in [3.05, 3.63) is 77.6 Å². The molecule has 0 aliphatic heterocycles. The largest absolute Gasteiger partial charge is 0.469 e. The molecule has 4 nitrogen and oxygen atoms in total. The van der Waals surface area contributed by atoms with Crippen LogP contribution in [0.1, 0.15) is 24.1 Å². The van der Waals surface area contributed by atoms with E-state index in [2.05, 4.69) is 5.32 Å². The van der Waals surface area contributed by atoms with Crippen LogP contribution < -0.4 is 5.32 Å². The van der Waals surface area contributed by atoms with Crippen LogP contribution in [0.15, 0.2) is 60.7 Å². The van der Waals surface area contributed by atoms with E-state index in [0.29, 0.717) is 5.56 Å². The molecule has 0 aliphatic rings. The van der Waals surface area contributed by atoms with Gasteiger partial charge in [0.05, 0.1) is 19.1 Å². The van der Waals surface area contributed by atoms with Crippen molar-refractivity contribution in [3.8, 4) is 0 Å². The summed E-state index contributed by atoms with van der Waals surface area (Å²) in [6.45, 7) is 1.69. The highest BCUT2D eigenvalue weighted by Gasteiger charge is 2.27. The van der Waals surface area contributed by atoms with Crippen molar-refractivity contribution >= 4 is 18.0 Å². The Morgan fingerprint density at radius 3 is 2.48 bits per heavy atom. The van der Waals surface area contributed by atoms with Gasteiger partial charge in [-0.2, -0.15) is 0 Å². The highest BCUT2D eigenvalue weighted by molar-refractivity contribution is 5.92. The van der Waals surface area contributed by atoms with Gasteiger partial charge in [0.15, 0.2) is 0 Å². The molecule has 0 spiro atoms. The maximum Gasteiger partial charge on any atom is 0.310 e. The summed E-state index contributed by atoms with van der Waals surface area (Å²) in [5.41, 5.74) is 1.38. The predicted octanol–water partition coefficient (Wildman–Crippen LogP) is 3.51. The molecule has 2 rings (SSSR count). The lowest BCUT2D eigenvalue weighted by Crippen LogP contribution is -2.35. The second kappa shape index (κ2) is 8.78. The van der Waals surface area contributed by atoms with E-state index in [0.717, 1.165) is 5.56 Å². The summed E-state index contributed by atoms with van der Waals surface area (Å²) in [4.78, 5) is 24.1.